The van der Waals surface area contributed by atoms with Crippen molar-refractivity contribution in [2.24, 2.45) is 13.0 Å². The molecule has 1 aliphatic rings. The molecule has 1 fully saturated rings. The summed E-state index contributed by atoms with van der Waals surface area (Å²) in [6, 6.07) is 15.5. The number of hydrogen-bond donors (Lipinski definition) is 0. The third-order valence-electron chi connectivity index (χ3n) is 6.40. The van der Waals surface area contributed by atoms with Crippen LogP contribution in [0.2, 0.25) is 0 Å². The van der Waals surface area contributed by atoms with E-state index in [9.17, 15) is 4.39 Å². The molecule has 1 aliphatic carbocycles. The minimum atomic E-state index is -0.187. The summed E-state index contributed by atoms with van der Waals surface area (Å²) in [5, 5.41) is 9.72. The van der Waals surface area contributed by atoms with Gasteiger partial charge in [0.25, 0.3) is 0 Å². The molecule has 0 radical (unpaired) electrons. The Morgan fingerprint density at radius 3 is 2.70 bits per heavy atom. The van der Waals surface area contributed by atoms with E-state index in [2.05, 4.69) is 45.6 Å². The van der Waals surface area contributed by atoms with Gasteiger partial charge in [-0.3, -0.25) is 0 Å². The Labute approximate surface area is 200 Å². The van der Waals surface area contributed by atoms with Gasteiger partial charge in [-0.1, -0.05) is 42.1 Å². The second kappa shape index (κ2) is 10.7. The first-order valence-corrected chi connectivity index (χ1v) is 12.6. The van der Waals surface area contributed by atoms with Crippen LogP contribution in [0.15, 0.2) is 53.7 Å². The molecule has 0 bridgehead atoms. The number of aromatic nitrogens is 3. The van der Waals surface area contributed by atoms with Crippen LogP contribution >= 0.6 is 11.8 Å². The molecule has 33 heavy (non-hydrogen) atoms. The van der Waals surface area contributed by atoms with E-state index in [4.69, 9.17) is 4.74 Å². The van der Waals surface area contributed by atoms with Crippen molar-refractivity contribution in [3.63, 3.8) is 0 Å². The molecule has 0 saturated heterocycles. The molecule has 0 aliphatic heterocycles. The van der Waals surface area contributed by atoms with E-state index >= 15 is 0 Å². The maximum Gasteiger partial charge on any atom is 0.191 e. The van der Waals surface area contributed by atoms with Crippen molar-refractivity contribution in [1.29, 1.82) is 0 Å². The highest BCUT2D eigenvalue weighted by Crippen LogP contribution is 2.51. The number of hydrogen-bond acceptors (Lipinski definition) is 5. The number of rotatable bonds is 11. The van der Waals surface area contributed by atoms with E-state index < -0.39 is 0 Å². The van der Waals surface area contributed by atoms with E-state index in [0.29, 0.717) is 17.9 Å². The number of methoxy groups -OCH3 is 1. The third-order valence-corrected chi connectivity index (χ3v) is 7.51. The Morgan fingerprint density at radius 1 is 1.18 bits per heavy atom. The van der Waals surface area contributed by atoms with Crippen LogP contribution in [0.3, 0.4) is 0 Å². The lowest BCUT2D eigenvalue weighted by atomic mass is 10.1. The predicted molar refractivity (Wildman–Crippen MR) is 132 cm³/mol. The van der Waals surface area contributed by atoms with Gasteiger partial charge >= 0.3 is 0 Å². The highest BCUT2D eigenvalue weighted by Gasteiger charge is 2.41. The lowest BCUT2D eigenvalue weighted by molar-refractivity contribution is 0.212. The Balaban J connectivity index is 1.27. The summed E-state index contributed by atoms with van der Waals surface area (Å²) in [5.41, 5.74) is 2.09. The fraction of sp³-hybridized carbons (Fsp3) is 0.462. The normalized spacial score (nSPS) is 17.7. The van der Waals surface area contributed by atoms with Gasteiger partial charge in [0.05, 0.1) is 7.11 Å². The average molecular weight is 469 g/mol. The van der Waals surface area contributed by atoms with Gasteiger partial charge in [-0.25, -0.2) is 4.39 Å². The van der Waals surface area contributed by atoms with E-state index in [1.807, 2.05) is 25.2 Å². The average Bonchev–Trinajstić information content (AvgIpc) is 3.49. The summed E-state index contributed by atoms with van der Waals surface area (Å²) in [7, 11) is 3.69. The minimum Gasteiger partial charge on any atom is -0.496 e. The molecule has 4 rings (SSSR count). The largest absolute Gasteiger partial charge is 0.496 e. The van der Waals surface area contributed by atoms with E-state index in [1.54, 1.807) is 31.0 Å². The second-order valence-electron chi connectivity index (χ2n) is 9.01. The van der Waals surface area contributed by atoms with Crippen LogP contribution < -0.4 is 4.74 Å². The predicted octanol–water partition coefficient (Wildman–Crippen LogP) is 5.63. The van der Waals surface area contributed by atoms with Gasteiger partial charge in [-0.15, -0.1) is 10.2 Å². The molecule has 3 aromatic rings. The molecule has 5 nitrogen and oxygen atoms in total. The van der Waals surface area contributed by atoms with Crippen molar-refractivity contribution in [3.8, 4) is 17.1 Å². The monoisotopic (exact) mass is 468 g/mol. The lowest BCUT2D eigenvalue weighted by Crippen LogP contribution is -2.34. The molecule has 0 N–H and O–H groups in total. The Hall–Kier alpha value is -2.38. The molecule has 2 unspecified atom stereocenters. The van der Waals surface area contributed by atoms with E-state index in [0.717, 1.165) is 59.5 Å². The summed E-state index contributed by atoms with van der Waals surface area (Å²) < 4.78 is 21.3. The van der Waals surface area contributed by atoms with Crippen LogP contribution in [-0.2, 0) is 7.05 Å². The summed E-state index contributed by atoms with van der Waals surface area (Å²) in [6.45, 7) is 6.58. The molecular weight excluding hydrogens is 435 g/mol. The van der Waals surface area contributed by atoms with Gasteiger partial charge in [-0.2, -0.15) is 0 Å². The van der Waals surface area contributed by atoms with Crippen molar-refractivity contribution in [2.75, 3.05) is 26.0 Å². The Kier molecular flexibility index (Phi) is 7.71. The number of ether oxygens (including phenoxy) is 1. The lowest BCUT2D eigenvalue weighted by Gasteiger charge is -2.26. The minimum absolute atomic E-state index is 0.187. The zero-order chi connectivity index (χ0) is 23.4. The first-order valence-electron chi connectivity index (χ1n) is 11.6. The number of nitrogens with zero attached hydrogens (tertiary/aromatic N) is 4. The zero-order valence-electron chi connectivity index (χ0n) is 19.9. The highest BCUT2D eigenvalue weighted by atomic mass is 32.2. The van der Waals surface area contributed by atoms with Gasteiger partial charge in [0, 0.05) is 36.5 Å². The molecule has 7 heteroatoms. The fourth-order valence-corrected chi connectivity index (χ4v) is 5.23. The molecule has 1 heterocycles. The SMILES string of the molecule is COc1ccc(F)cc1C1CC1CN(CCCSc1nnc(-c2ccccc2)n1C)C(C)C. The summed E-state index contributed by atoms with van der Waals surface area (Å²) >= 11 is 1.76. The zero-order valence-corrected chi connectivity index (χ0v) is 20.7. The van der Waals surface area contributed by atoms with Crippen LogP contribution in [-0.4, -0.2) is 51.7 Å². The van der Waals surface area contributed by atoms with Crippen LogP contribution in [0.25, 0.3) is 11.4 Å². The van der Waals surface area contributed by atoms with Crippen molar-refractivity contribution >= 4 is 11.8 Å². The molecule has 0 amide bonds. The van der Waals surface area contributed by atoms with Gasteiger partial charge in [0.1, 0.15) is 11.6 Å². The fourth-order valence-electron chi connectivity index (χ4n) is 4.40. The van der Waals surface area contributed by atoms with Crippen LogP contribution in [0.5, 0.6) is 5.75 Å². The van der Waals surface area contributed by atoms with Crippen molar-refractivity contribution in [2.45, 2.75) is 43.8 Å². The quantitative estimate of drug-likeness (QED) is 0.270. The van der Waals surface area contributed by atoms with E-state index in [1.165, 1.54) is 6.07 Å². The van der Waals surface area contributed by atoms with Gasteiger partial charge < -0.3 is 14.2 Å². The van der Waals surface area contributed by atoms with Gasteiger partial charge in [-0.05, 0) is 63.3 Å². The van der Waals surface area contributed by atoms with Crippen LogP contribution in [0.4, 0.5) is 4.39 Å². The molecule has 2 aromatic carbocycles. The maximum absolute atomic E-state index is 13.8. The smallest absolute Gasteiger partial charge is 0.191 e. The molecular formula is C26H33FN4OS. The number of benzene rings is 2. The highest BCUT2D eigenvalue weighted by molar-refractivity contribution is 7.99. The van der Waals surface area contributed by atoms with Gasteiger partial charge in [0.2, 0.25) is 0 Å². The first-order chi connectivity index (χ1) is 16.0. The molecule has 2 atom stereocenters. The molecule has 0 spiro atoms. The molecule has 176 valence electrons. The Bertz CT molecular complexity index is 1060. The van der Waals surface area contributed by atoms with Crippen molar-refractivity contribution in [1.82, 2.24) is 19.7 Å². The summed E-state index contributed by atoms with van der Waals surface area (Å²) in [5.74, 6) is 3.46. The standard InChI is InChI=1S/C26H33FN4OS/c1-18(2)31(17-20-15-22(20)23-16-21(27)11-12-24(23)32-4)13-8-14-33-26-29-28-25(30(26)3)19-9-6-5-7-10-19/h5-7,9-12,16,18,20,22H,8,13-15,17H2,1-4H3. The molecule has 1 saturated carbocycles. The number of thioether (sulfide) groups is 1. The Morgan fingerprint density at radius 2 is 1.97 bits per heavy atom. The number of halogens is 1. The maximum atomic E-state index is 13.8. The van der Waals surface area contributed by atoms with Crippen LogP contribution in [0.1, 0.15) is 38.2 Å². The van der Waals surface area contributed by atoms with Gasteiger partial charge in [0.15, 0.2) is 11.0 Å². The summed E-state index contributed by atoms with van der Waals surface area (Å²) in [6.07, 6.45) is 2.18. The first kappa shape index (κ1) is 23.8. The third kappa shape index (κ3) is 5.76. The topological polar surface area (TPSA) is 43.2 Å². The van der Waals surface area contributed by atoms with Crippen LogP contribution in [0, 0.1) is 11.7 Å². The van der Waals surface area contributed by atoms with Crippen molar-refractivity contribution < 1.29 is 9.13 Å². The summed E-state index contributed by atoms with van der Waals surface area (Å²) in [4.78, 5) is 2.54. The molecule has 1 aromatic heterocycles. The second-order valence-corrected chi connectivity index (χ2v) is 10.1. The van der Waals surface area contributed by atoms with Crippen molar-refractivity contribution in [3.05, 3.63) is 59.9 Å². The van der Waals surface area contributed by atoms with E-state index in [-0.39, 0.29) is 5.82 Å².